The summed E-state index contributed by atoms with van der Waals surface area (Å²) in [6.45, 7) is 2.17. The summed E-state index contributed by atoms with van der Waals surface area (Å²) in [5.41, 5.74) is 0. The summed E-state index contributed by atoms with van der Waals surface area (Å²) in [4.78, 5) is 7.98. The fourth-order valence-corrected chi connectivity index (χ4v) is 2.56. The van der Waals surface area contributed by atoms with Gasteiger partial charge in [-0.2, -0.15) is 0 Å². The first kappa shape index (κ1) is 12.0. The maximum absolute atomic E-state index is 5.75. The topological polar surface area (TPSA) is 37.8 Å². The van der Waals surface area contributed by atoms with Gasteiger partial charge in [0.05, 0.1) is 0 Å². The van der Waals surface area contributed by atoms with Crippen LogP contribution in [0.1, 0.15) is 6.42 Å². The molecule has 2 heterocycles. The standard InChI is InChI=1S/C8H10ClN3S.ClH/c9-7-3-8(12-5-11-7)13-6-1-2-10-4-6;/h3,5-6,10H,1-2,4H2;1H. The molecule has 14 heavy (non-hydrogen) atoms. The lowest BCUT2D eigenvalue weighted by atomic mass is 10.4. The lowest BCUT2D eigenvalue weighted by molar-refractivity contribution is 0.858. The van der Waals surface area contributed by atoms with Crippen LogP contribution in [-0.4, -0.2) is 28.3 Å². The van der Waals surface area contributed by atoms with Gasteiger partial charge in [-0.05, 0) is 13.0 Å². The average molecular weight is 252 g/mol. The van der Waals surface area contributed by atoms with E-state index in [-0.39, 0.29) is 12.4 Å². The lowest BCUT2D eigenvalue weighted by Crippen LogP contribution is -2.10. The Kier molecular flexibility index (Phi) is 4.95. The molecular weight excluding hydrogens is 241 g/mol. The molecule has 2 rings (SSSR count). The van der Waals surface area contributed by atoms with Crippen LogP contribution < -0.4 is 5.32 Å². The van der Waals surface area contributed by atoms with Crippen LogP contribution in [0.5, 0.6) is 0 Å². The van der Waals surface area contributed by atoms with Crippen molar-refractivity contribution in [3.63, 3.8) is 0 Å². The Labute approximate surface area is 98.5 Å². The molecule has 0 amide bonds. The van der Waals surface area contributed by atoms with E-state index >= 15 is 0 Å². The second-order valence-electron chi connectivity index (χ2n) is 2.91. The van der Waals surface area contributed by atoms with Crippen molar-refractivity contribution in [2.24, 2.45) is 0 Å². The van der Waals surface area contributed by atoms with Crippen molar-refractivity contribution in [2.45, 2.75) is 16.7 Å². The van der Waals surface area contributed by atoms with Crippen molar-refractivity contribution < 1.29 is 0 Å². The quantitative estimate of drug-likeness (QED) is 0.817. The van der Waals surface area contributed by atoms with Gasteiger partial charge < -0.3 is 5.32 Å². The Bertz CT molecular complexity index is 292. The minimum atomic E-state index is 0. The van der Waals surface area contributed by atoms with Gasteiger partial charge in [0.15, 0.2) is 0 Å². The highest BCUT2D eigenvalue weighted by Crippen LogP contribution is 2.25. The maximum atomic E-state index is 5.75. The monoisotopic (exact) mass is 251 g/mol. The number of nitrogens with zero attached hydrogens (tertiary/aromatic N) is 2. The zero-order valence-corrected chi connectivity index (χ0v) is 9.83. The molecule has 1 aromatic heterocycles. The lowest BCUT2D eigenvalue weighted by Gasteiger charge is -2.05. The van der Waals surface area contributed by atoms with E-state index in [1.54, 1.807) is 11.8 Å². The average Bonchev–Trinajstić information content (AvgIpc) is 2.57. The van der Waals surface area contributed by atoms with Crippen molar-refractivity contribution >= 4 is 35.8 Å². The molecule has 0 saturated carbocycles. The van der Waals surface area contributed by atoms with Crippen LogP contribution in [-0.2, 0) is 0 Å². The Balaban J connectivity index is 0.000000980. The van der Waals surface area contributed by atoms with E-state index in [0.717, 1.165) is 18.1 Å². The molecule has 1 aromatic rings. The predicted molar refractivity (Wildman–Crippen MR) is 61.4 cm³/mol. The fraction of sp³-hybridized carbons (Fsp3) is 0.500. The Morgan fingerprint density at radius 3 is 3.00 bits per heavy atom. The van der Waals surface area contributed by atoms with E-state index in [2.05, 4.69) is 15.3 Å². The van der Waals surface area contributed by atoms with Gasteiger partial charge >= 0.3 is 0 Å². The second-order valence-corrected chi connectivity index (χ2v) is 4.62. The van der Waals surface area contributed by atoms with Crippen molar-refractivity contribution in [1.82, 2.24) is 15.3 Å². The van der Waals surface area contributed by atoms with Crippen LogP contribution in [0.15, 0.2) is 17.4 Å². The Hall–Kier alpha value is -0.0300. The molecule has 3 nitrogen and oxygen atoms in total. The number of aromatic nitrogens is 2. The zero-order chi connectivity index (χ0) is 9.10. The van der Waals surface area contributed by atoms with Gasteiger partial charge in [0.2, 0.25) is 0 Å². The molecule has 0 aromatic carbocycles. The Morgan fingerprint density at radius 2 is 2.36 bits per heavy atom. The molecule has 1 unspecified atom stereocenters. The van der Waals surface area contributed by atoms with Crippen LogP contribution >= 0.6 is 35.8 Å². The molecule has 6 heteroatoms. The highest BCUT2D eigenvalue weighted by atomic mass is 35.5. The van der Waals surface area contributed by atoms with Crippen molar-refractivity contribution in [3.05, 3.63) is 17.5 Å². The maximum Gasteiger partial charge on any atom is 0.133 e. The summed E-state index contributed by atoms with van der Waals surface area (Å²) >= 11 is 7.52. The van der Waals surface area contributed by atoms with Crippen LogP contribution in [0.4, 0.5) is 0 Å². The van der Waals surface area contributed by atoms with Gasteiger partial charge in [-0.25, -0.2) is 9.97 Å². The first-order chi connectivity index (χ1) is 6.34. The molecule has 1 fully saturated rings. The normalized spacial score (nSPS) is 20.5. The highest BCUT2D eigenvalue weighted by Gasteiger charge is 2.16. The molecular formula is C8H11Cl2N3S. The summed E-state index contributed by atoms with van der Waals surface area (Å²) in [5.74, 6) is 0. The van der Waals surface area contributed by atoms with E-state index in [9.17, 15) is 0 Å². The molecule has 78 valence electrons. The third kappa shape index (κ3) is 3.28. The number of halogens is 2. The molecule has 0 spiro atoms. The minimum Gasteiger partial charge on any atom is -0.316 e. The second kappa shape index (κ2) is 5.75. The third-order valence-corrected chi connectivity index (χ3v) is 3.32. The SMILES string of the molecule is Cl.Clc1cc(SC2CCNC2)ncn1. The number of rotatable bonds is 2. The van der Waals surface area contributed by atoms with Crippen molar-refractivity contribution in [3.8, 4) is 0 Å². The van der Waals surface area contributed by atoms with Crippen LogP contribution in [0.3, 0.4) is 0 Å². The molecule has 0 aliphatic carbocycles. The summed E-state index contributed by atoms with van der Waals surface area (Å²) in [5, 5.41) is 5.42. The number of hydrogen-bond acceptors (Lipinski definition) is 4. The van der Waals surface area contributed by atoms with Gasteiger partial charge in [-0.1, -0.05) is 11.6 Å². The van der Waals surface area contributed by atoms with Crippen molar-refractivity contribution in [2.75, 3.05) is 13.1 Å². The summed E-state index contributed by atoms with van der Waals surface area (Å²) in [6, 6.07) is 1.81. The molecule has 0 radical (unpaired) electrons. The van der Waals surface area contributed by atoms with Crippen LogP contribution in [0, 0.1) is 0 Å². The van der Waals surface area contributed by atoms with Gasteiger partial charge in [0.1, 0.15) is 16.5 Å². The minimum absolute atomic E-state index is 0. The molecule has 0 bridgehead atoms. The number of thioether (sulfide) groups is 1. The van der Waals surface area contributed by atoms with Crippen LogP contribution in [0.25, 0.3) is 0 Å². The summed E-state index contributed by atoms with van der Waals surface area (Å²) < 4.78 is 0. The first-order valence-corrected chi connectivity index (χ1v) is 5.45. The van der Waals surface area contributed by atoms with Gasteiger partial charge in [-0.15, -0.1) is 24.2 Å². The molecule has 1 aliphatic rings. The largest absolute Gasteiger partial charge is 0.316 e. The van der Waals surface area contributed by atoms with E-state index in [1.807, 2.05) is 6.07 Å². The van der Waals surface area contributed by atoms with Gasteiger partial charge in [0.25, 0.3) is 0 Å². The highest BCUT2D eigenvalue weighted by molar-refractivity contribution is 7.99. The van der Waals surface area contributed by atoms with Crippen molar-refractivity contribution in [1.29, 1.82) is 0 Å². The van der Waals surface area contributed by atoms with Gasteiger partial charge in [-0.3, -0.25) is 0 Å². The summed E-state index contributed by atoms with van der Waals surface area (Å²) in [7, 11) is 0. The van der Waals surface area contributed by atoms with E-state index in [0.29, 0.717) is 10.4 Å². The van der Waals surface area contributed by atoms with Gasteiger partial charge in [0, 0.05) is 17.9 Å². The summed E-state index contributed by atoms with van der Waals surface area (Å²) in [6.07, 6.45) is 2.71. The number of nitrogens with one attached hydrogen (secondary N) is 1. The fourth-order valence-electron chi connectivity index (χ4n) is 1.28. The molecule has 1 aliphatic heterocycles. The zero-order valence-electron chi connectivity index (χ0n) is 7.44. The molecule has 1 atom stereocenters. The van der Waals surface area contributed by atoms with E-state index in [1.165, 1.54) is 12.7 Å². The number of hydrogen-bond donors (Lipinski definition) is 1. The predicted octanol–water partition coefficient (Wildman–Crippen LogP) is 2.01. The molecule has 1 N–H and O–H groups in total. The first-order valence-electron chi connectivity index (χ1n) is 4.19. The van der Waals surface area contributed by atoms with E-state index in [4.69, 9.17) is 11.6 Å². The van der Waals surface area contributed by atoms with Crippen LogP contribution in [0.2, 0.25) is 5.15 Å². The third-order valence-electron chi connectivity index (χ3n) is 1.91. The Morgan fingerprint density at radius 1 is 1.50 bits per heavy atom. The molecule has 1 saturated heterocycles. The smallest absolute Gasteiger partial charge is 0.133 e. The van der Waals surface area contributed by atoms with E-state index < -0.39 is 0 Å².